The van der Waals surface area contributed by atoms with E-state index in [0.717, 1.165) is 12.1 Å². The van der Waals surface area contributed by atoms with Gasteiger partial charge in [-0.1, -0.05) is 11.6 Å². The average molecular weight is 299 g/mol. The van der Waals surface area contributed by atoms with Crippen molar-refractivity contribution in [2.75, 3.05) is 18.9 Å². The highest BCUT2D eigenvalue weighted by atomic mass is 35.5. The first-order valence-corrected chi connectivity index (χ1v) is 6.67. The SMILES string of the molecule is Nc1cc(Cl)cc(S(=O)(=O)NCC(O)CO)c1F. The standard InChI is InChI=1S/C9H12ClFN2O4S/c10-5-1-7(12)9(11)8(2-5)18(16,17)13-3-6(15)4-14/h1-2,6,13-15H,3-4,12H2. The fraction of sp³-hybridized carbons (Fsp3) is 0.333. The number of nitrogens with two attached hydrogens (primary N) is 1. The molecule has 0 aliphatic carbocycles. The van der Waals surface area contributed by atoms with E-state index in [0.29, 0.717) is 0 Å². The summed E-state index contributed by atoms with van der Waals surface area (Å²) in [6.07, 6.45) is -1.28. The van der Waals surface area contributed by atoms with Crippen molar-refractivity contribution >= 4 is 27.3 Å². The molecule has 0 saturated heterocycles. The first-order valence-electron chi connectivity index (χ1n) is 4.81. The second-order valence-corrected chi connectivity index (χ2v) is 5.67. The molecular formula is C9H12ClFN2O4S. The number of sulfonamides is 1. The zero-order valence-electron chi connectivity index (χ0n) is 9.10. The van der Waals surface area contributed by atoms with E-state index in [4.69, 9.17) is 27.5 Å². The highest BCUT2D eigenvalue weighted by Crippen LogP contribution is 2.24. The van der Waals surface area contributed by atoms with Crippen LogP contribution in [0.5, 0.6) is 0 Å². The Morgan fingerprint density at radius 1 is 1.50 bits per heavy atom. The molecule has 1 unspecified atom stereocenters. The van der Waals surface area contributed by atoms with E-state index in [1.54, 1.807) is 0 Å². The van der Waals surface area contributed by atoms with Gasteiger partial charge in [-0.25, -0.2) is 17.5 Å². The molecule has 102 valence electrons. The average Bonchev–Trinajstić information content (AvgIpc) is 2.30. The van der Waals surface area contributed by atoms with Crippen LogP contribution in [0.25, 0.3) is 0 Å². The molecule has 1 aromatic rings. The van der Waals surface area contributed by atoms with Gasteiger partial charge in [0.05, 0.1) is 18.4 Å². The molecule has 1 rings (SSSR count). The van der Waals surface area contributed by atoms with Gasteiger partial charge in [-0.15, -0.1) is 0 Å². The summed E-state index contributed by atoms with van der Waals surface area (Å²) in [6, 6.07) is 1.99. The minimum atomic E-state index is -4.20. The lowest BCUT2D eigenvalue weighted by molar-refractivity contribution is 0.0988. The van der Waals surface area contributed by atoms with Crippen molar-refractivity contribution in [2.45, 2.75) is 11.0 Å². The summed E-state index contributed by atoms with van der Waals surface area (Å²) in [5.41, 5.74) is 4.86. The molecular weight excluding hydrogens is 287 g/mol. The van der Waals surface area contributed by atoms with E-state index in [2.05, 4.69) is 0 Å². The van der Waals surface area contributed by atoms with Crippen molar-refractivity contribution in [3.8, 4) is 0 Å². The monoisotopic (exact) mass is 298 g/mol. The van der Waals surface area contributed by atoms with E-state index >= 15 is 0 Å². The van der Waals surface area contributed by atoms with Crippen LogP contribution in [-0.4, -0.2) is 37.9 Å². The predicted molar refractivity (Wildman–Crippen MR) is 64.1 cm³/mol. The largest absolute Gasteiger partial charge is 0.396 e. The normalized spacial score (nSPS) is 13.6. The van der Waals surface area contributed by atoms with Crippen LogP contribution in [0, 0.1) is 5.82 Å². The van der Waals surface area contributed by atoms with Gasteiger partial charge in [-0.2, -0.15) is 0 Å². The van der Waals surface area contributed by atoms with Crippen molar-refractivity contribution in [1.82, 2.24) is 4.72 Å². The zero-order valence-corrected chi connectivity index (χ0v) is 10.7. The second-order valence-electron chi connectivity index (χ2n) is 3.50. The molecule has 0 aliphatic rings. The van der Waals surface area contributed by atoms with Gasteiger partial charge in [0.25, 0.3) is 0 Å². The number of nitrogens with one attached hydrogen (secondary N) is 1. The summed E-state index contributed by atoms with van der Waals surface area (Å²) in [5.74, 6) is -1.12. The van der Waals surface area contributed by atoms with Crippen LogP contribution in [0.15, 0.2) is 17.0 Å². The van der Waals surface area contributed by atoms with Crippen molar-refractivity contribution in [3.05, 3.63) is 23.0 Å². The number of hydrogen-bond acceptors (Lipinski definition) is 5. The predicted octanol–water partition coefficient (Wildman–Crippen LogP) is -0.307. The van der Waals surface area contributed by atoms with Gasteiger partial charge in [0.2, 0.25) is 10.0 Å². The first kappa shape index (κ1) is 15.1. The molecule has 0 saturated carbocycles. The Kier molecular flexibility index (Phi) is 4.88. The maximum Gasteiger partial charge on any atom is 0.243 e. The molecule has 1 atom stereocenters. The van der Waals surface area contributed by atoms with Gasteiger partial charge in [-0.3, -0.25) is 0 Å². The van der Waals surface area contributed by atoms with E-state index in [-0.39, 0.29) is 5.02 Å². The quantitative estimate of drug-likeness (QED) is 0.557. The van der Waals surface area contributed by atoms with E-state index < -0.39 is 45.7 Å². The lowest BCUT2D eigenvalue weighted by Gasteiger charge is -2.11. The smallest absolute Gasteiger partial charge is 0.243 e. The van der Waals surface area contributed by atoms with Crippen LogP contribution in [0.4, 0.5) is 10.1 Å². The van der Waals surface area contributed by atoms with Gasteiger partial charge in [-0.05, 0) is 12.1 Å². The number of rotatable bonds is 5. The summed E-state index contributed by atoms with van der Waals surface area (Å²) < 4.78 is 38.9. The molecule has 6 nitrogen and oxygen atoms in total. The Labute approximate surface area is 108 Å². The molecule has 0 spiro atoms. The van der Waals surface area contributed by atoms with Crippen molar-refractivity contribution in [2.24, 2.45) is 0 Å². The first-order chi connectivity index (χ1) is 8.27. The third-order valence-corrected chi connectivity index (χ3v) is 3.68. The summed E-state index contributed by atoms with van der Waals surface area (Å²) in [4.78, 5) is -0.711. The number of aliphatic hydroxyl groups excluding tert-OH is 2. The Hall–Kier alpha value is -0.930. The number of hydrogen-bond donors (Lipinski definition) is 4. The molecule has 0 heterocycles. The molecule has 0 radical (unpaired) electrons. The highest BCUT2D eigenvalue weighted by Gasteiger charge is 2.22. The van der Waals surface area contributed by atoms with E-state index in [9.17, 15) is 12.8 Å². The molecule has 0 aromatic heterocycles. The summed E-state index contributed by atoms with van der Waals surface area (Å²) in [6.45, 7) is -1.08. The van der Waals surface area contributed by atoms with Gasteiger partial charge >= 0.3 is 0 Å². The van der Waals surface area contributed by atoms with E-state index in [1.165, 1.54) is 0 Å². The highest BCUT2D eigenvalue weighted by molar-refractivity contribution is 7.89. The lowest BCUT2D eigenvalue weighted by Crippen LogP contribution is -2.34. The van der Waals surface area contributed by atoms with Crippen LogP contribution in [0.1, 0.15) is 0 Å². The Morgan fingerprint density at radius 2 is 2.11 bits per heavy atom. The Balaban J connectivity index is 3.05. The maximum atomic E-state index is 13.6. The van der Waals surface area contributed by atoms with Crippen LogP contribution in [0.3, 0.4) is 0 Å². The van der Waals surface area contributed by atoms with Crippen molar-refractivity contribution in [3.63, 3.8) is 0 Å². The minimum Gasteiger partial charge on any atom is -0.396 e. The van der Waals surface area contributed by atoms with Crippen LogP contribution < -0.4 is 10.5 Å². The van der Waals surface area contributed by atoms with Crippen molar-refractivity contribution < 1.29 is 23.0 Å². The zero-order chi connectivity index (χ0) is 13.9. The maximum absolute atomic E-state index is 13.6. The summed E-state index contributed by atoms with van der Waals surface area (Å²) in [5, 5.41) is 17.5. The fourth-order valence-corrected chi connectivity index (χ4v) is 2.62. The van der Waals surface area contributed by atoms with E-state index in [1.807, 2.05) is 4.72 Å². The van der Waals surface area contributed by atoms with Crippen LogP contribution in [0.2, 0.25) is 5.02 Å². The second kappa shape index (κ2) is 5.81. The van der Waals surface area contributed by atoms with Crippen LogP contribution >= 0.6 is 11.6 Å². The molecule has 0 aliphatic heterocycles. The third-order valence-electron chi connectivity index (χ3n) is 2.04. The minimum absolute atomic E-state index is 0.0306. The van der Waals surface area contributed by atoms with Crippen LogP contribution in [-0.2, 0) is 10.0 Å². The Bertz CT molecular complexity index is 538. The molecule has 5 N–H and O–H groups in total. The number of anilines is 1. The third kappa shape index (κ3) is 3.53. The van der Waals surface area contributed by atoms with Gasteiger partial charge < -0.3 is 15.9 Å². The number of aliphatic hydroxyl groups is 2. The van der Waals surface area contributed by atoms with Gasteiger partial charge in [0.15, 0.2) is 5.82 Å². The number of halogens is 2. The molecule has 1 aromatic carbocycles. The topological polar surface area (TPSA) is 113 Å². The molecule has 0 fully saturated rings. The lowest BCUT2D eigenvalue weighted by atomic mass is 10.3. The van der Waals surface area contributed by atoms with Gasteiger partial charge in [0, 0.05) is 11.6 Å². The number of benzene rings is 1. The fourth-order valence-electron chi connectivity index (χ4n) is 1.13. The molecule has 9 heteroatoms. The Morgan fingerprint density at radius 3 is 2.67 bits per heavy atom. The van der Waals surface area contributed by atoms with Crippen molar-refractivity contribution in [1.29, 1.82) is 0 Å². The molecule has 0 amide bonds. The summed E-state index contributed by atoms with van der Waals surface area (Å²) >= 11 is 5.59. The molecule has 18 heavy (non-hydrogen) atoms. The summed E-state index contributed by atoms with van der Waals surface area (Å²) in [7, 11) is -4.20. The number of nitrogen functional groups attached to an aromatic ring is 1. The molecule has 0 bridgehead atoms. The van der Waals surface area contributed by atoms with Gasteiger partial charge in [0.1, 0.15) is 4.90 Å².